The Balaban J connectivity index is 2.23. The highest BCUT2D eigenvalue weighted by molar-refractivity contribution is 9.10. The number of carbonyl (C=O) groups excluding carboxylic acids is 1. The lowest BCUT2D eigenvalue weighted by molar-refractivity contribution is -0.126. The van der Waals surface area contributed by atoms with Crippen LogP contribution in [-0.2, 0) is 16.9 Å². The number of hydrogen-bond donors (Lipinski definition) is 1. The molecule has 1 aromatic rings. The van der Waals surface area contributed by atoms with Gasteiger partial charge in [-0.2, -0.15) is 5.10 Å². The summed E-state index contributed by atoms with van der Waals surface area (Å²) in [6.45, 7) is 1.58. The van der Waals surface area contributed by atoms with Gasteiger partial charge in [0, 0.05) is 19.4 Å². The number of ketones is 1. The Labute approximate surface area is 121 Å². The molecule has 1 fully saturated rings. The van der Waals surface area contributed by atoms with Gasteiger partial charge in [-0.3, -0.25) is 9.48 Å². The molecule has 5 nitrogen and oxygen atoms in total. The summed E-state index contributed by atoms with van der Waals surface area (Å²) in [7, 11) is 4.01. The molecule has 2 rings (SSSR count). The molecule has 106 valence electrons. The van der Waals surface area contributed by atoms with E-state index in [0.29, 0.717) is 25.7 Å². The Hall–Kier alpha value is -0.720. The van der Waals surface area contributed by atoms with Crippen molar-refractivity contribution < 1.29 is 9.90 Å². The van der Waals surface area contributed by atoms with Gasteiger partial charge in [-0.05, 0) is 42.9 Å². The molecule has 1 heterocycles. The highest BCUT2D eigenvalue weighted by Gasteiger charge is 2.38. The van der Waals surface area contributed by atoms with E-state index in [1.165, 1.54) is 0 Å². The fourth-order valence-electron chi connectivity index (χ4n) is 2.47. The summed E-state index contributed by atoms with van der Waals surface area (Å²) < 4.78 is 2.67. The molecule has 0 amide bonds. The van der Waals surface area contributed by atoms with E-state index in [2.05, 4.69) is 25.9 Å². The molecule has 0 spiro atoms. The summed E-state index contributed by atoms with van der Waals surface area (Å²) in [6, 6.07) is 0. The number of nitrogens with zero attached hydrogens (tertiary/aromatic N) is 3. The van der Waals surface area contributed by atoms with Gasteiger partial charge < -0.3 is 10.0 Å². The Morgan fingerprint density at radius 1 is 1.47 bits per heavy atom. The van der Waals surface area contributed by atoms with Crippen LogP contribution in [0.25, 0.3) is 0 Å². The van der Waals surface area contributed by atoms with Gasteiger partial charge in [0.05, 0.1) is 22.9 Å². The molecular formula is C13H20BrN3O2. The smallest absolute Gasteiger partial charge is 0.133 e. The van der Waals surface area contributed by atoms with E-state index in [4.69, 9.17) is 0 Å². The molecular weight excluding hydrogens is 310 g/mol. The third-order valence-corrected chi connectivity index (χ3v) is 4.21. The Morgan fingerprint density at radius 2 is 2.11 bits per heavy atom. The van der Waals surface area contributed by atoms with Crippen LogP contribution in [0.4, 0.5) is 0 Å². The van der Waals surface area contributed by atoms with Crippen molar-refractivity contribution in [1.82, 2.24) is 14.7 Å². The molecule has 0 radical (unpaired) electrons. The van der Waals surface area contributed by atoms with Gasteiger partial charge in [0.2, 0.25) is 0 Å². The molecule has 0 unspecified atom stereocenters. The van der Waals surface area contributed by atoms with Crippen LogP contribution >= 0.6 is 15.9 Å². The van der Waals surface area contributed by atoms with Gasteiger partial charge in [0.15, 0.2) is 0 Å². The van der Waals surface area contributed by atoms with Gasteiger partial charge in [-0.1, -0.05) is 0 Å². The number of rotatable bonds is 4. The van der Waals surface area contributed by atoms with Crippen molar-refractivity contribution in [2.24, 2.45) is 0 Å². The molecule has 1 aliphatic rings. The third kappa shape index (κ3) is 3.24. The van der Waals surface area contributed by atoms with Crippen LogP contribution < -0.4 is 0 Å². The van der Waals surface area contributed by atoms with E-state index >= 15 is 0 Å². The standard InChI is InChI=1S/C13H20BrN3O2/c1-16(2)7-8-17-12(11(14)9-15-17)13(19)5-3-10(18)4-6-13/h9,19H,3-8H2,1-2H3. The van der Waals surface area contributed by atoms with Gasteiger partial charge in [-0.25, -0.2) is 0 Å². The topological polar surface area (TPSA) is 58.4 Å². The minimum Gasteiger partial charge on any atom is -0.383 e. The molecule has 0 aromatic carbocycles. The summed E-state index contributed by atoms with van der Waals surface area (Å²) in [5, 5.41) is 15.1. The second-order valence-electron chi connectivity index (χ2n) is 5.44. The molecule has 0 bridgehead atoms. The van der Waals surface area contributed by atoms with E-state index in [0.717, 1.165) is 23.3 Å². The lowest BCUT2D eigenvalue weighted by Gasteiger charge is -2.32. The molecule has 19 heavy (non-hydrogen) atoms. The Morgan fingerprint density at radius 3 is 2.68 bits per heavy atom. The van der Waals surface area contributed by atoms with Crippen LogP contribution in [0.3, 0.4) is 0 Å². The van der Waals surface area contributed by atoms with Crippen molar-refractivity contribution in [2.45, 2.75) is 37.8 Å². The minimum atomic E-state index is -0.935. The van der Waals surface area contributed by atoms with Crippen LogP contribution in [0.2, 0.25) is 0 Å². The zero-order chi connectivity index (χ0) is 14.0. The van der Waals surface area contributed by atoms with E-state index in [-0.39, 0.29) is 5.78 Å². The van der Waals surface area contributed by atoms with E-state index in [1.807, 2.05) is 18.8 Å². The molecule has 1 aromatic heterocycles. The lowest BCUT2D eigenvalue weighted by Crippen LogP contribution is -2.35. The Bertz CT molecular complexity index is 460. The molecule has 0 aliphatic heterocycles. The van der Waals surface area contributed by atoms with Crippen molar-refractivity contribution in [3.05, 3.63) is 16.4 Å². The lowest BCUT2D eigenvalue weighted by atomic mass is 9.82. The fraction of sp³-hybridized carbons (Fsp3) is 0.692. The number of Topliss-reactive ketones (excluding diaryl/α,β-unsaturated/α-hetero) is 1. The highest BCUT2D eigenvalue weighted by atomic mass is 79.9. The molecule has 1 saturated carbocycles. The minimum absolute atomic E-state index is 0.236. The summed E-state index contributed by atoms with van der Waals surface area (Å²) in [5.41, 5.74) is -0.128. The van der Waals surface area contributed by atoms with Crippen LogP contribution in [0.5, 0.6) is 0 Å². The number of carbonyl (C=O) groups is 1. The van der Waals surface area contributed by atoms with Crippen LogP contribution in [0.1, 0.15) is 31.4 Å². The van der Waals surface area contributed by atoms with Crippen molar-refractivity contribution in [1.29, 1.82) is 0 Å². The van der Waals surface area contributed by atoms with Gasteiger partial charge >= 0.3 is 0 Å². The Kier molecular flexibility index (Phi) is 4.43. The van der Waals surface area contributed by atoms with E-state index < -0.39 is 5.60 Å². The SMILES string of the molecule is CN(C)CCn1ncc(Br)c1C1(O)CCC(=O)CC1. The van der Waals surface area contributed by atoms with Gasteiger partial charge in [0.25, 0.3) is 0 Å². The maximum atomic E-state index is 11.4. The summed E-state index contributed by atoms with van der Waals surface area (Å²) in [6.07, 6.45) is 3.58. The zero-order valence-electron chi connectivity index (χ0n) is 11.4. The summed E-state index contributed by atoms with van der Waals surface area (Å²) in [5.74, 6) is 0.236. The van der Waals surface area contributed by atoms with Crippen molar-refractivity contribution in [3.63, 3.8) is 0 Å². The monoisotopic (exact) mass is 329 g/mol. The van der Waals surface area contributed by atoms with Crippen molar-refractivity contribution in [3.8, 4) is 0 Å². The predicted octanol–water partition coefficient (Wildman–Crippen LogP) is 1.54. The first-order chi connectivity index (χ1) is 8.92. The van der Waals surface area contributed by atoms with Crippen LogP contribution in [0, 0.1) is 0 Å². The number of aromatic nitrogens is 2. The normalized spacial score (nSPS) is 19.1. The summed E-state index contributed by atoms with van der Waals surface area (Å²) in [4.78, 5) is 13.4. The number of hydrogen-bond acceptors (Lipinski definition) is 4. The number of halogens is 1. The second kappa shape index (κ2) is 5.73. The average molecular weight is 330 g/mol. The predicted molar refractivity (Wildman–Crippen MR) is 75.9 cm³/mol. The largest absolute Gasteiger partial charge is 0.383 e. The molecule has 0 atom stereocenters. The van der Waals surface area contributed by atoms with E-state index in [9.17, 15) is 9.90 Å². The highest BCUT2D eigenvalue weighted by Crippen LogP contribution is 2.39. The first-order valence-electron chi connectivity index (χ1n) is 6.53. The first-order valence-corrected chi connectivity index (χ1v) is 7.32. The van der Waals surface area contributed by atoms with Gasteiger partial charge in [0.1, 0.15) is 11.4 Å². The molecule has 0 saturated heterocycles. The zero-order valence-corrected chi connectivity index (χ0v) is 13.0. The maximum absolute atomic E-state index is 11.4. The number of likely N-dealkylation sites (N-methyl/N-ethyl adjacent to an activating group) is 1. The quantitative estimate of drug-likeness (QED) is 0.910. The molecule has 1 N–H and O–H groups in total. The van der Waals surface area contributed by atoms with Crippen molar-refractivity contribution in [2.75, 3.05) is 20.6 Å². The second-order valence-corrected chi connectivity index (χ2v) is 6.29. The first kappa shape index (κ1) is 14.7. The number of aliphatic hydroxyl groups is 1. The summed E-state index contributed by atoms with van der Waals surface area (Å²) >= 11 is 3.47. The van der Waals surface area contributed by atoms with Gasteiger partial charge in [-0.15, -0.1) is 0 Å². The average Bonchev–Trinajstić information content (AvgIpc) is 2.73. The maximum Gasteiger partial charge on any atom is 0.133 e. The van der Waals surface area contributed by atoms with Crippen LogP contribution in [0.15, 0.2) is 10.7 Å². The van der Waals surface area contributed by atoms with Crippen molar-refractivity contribution >= 4 is 21.7 Å². The third-order valence-electron chi connectivity index (χ3n) is 3.63. The van der Waals surface area contributed by atoms with Crippen LogP contribution in [-0.4, -0.2) is 46.2 Å². The fourth-order valence-corrected chi connectivity index (χ4v) is 3.13. The molecule has 1 aliphatic carbocycles. The molecule has 6 heteroatoms. The van der Waals surface area contributed by atoms with E-state index in [1.54, 1.807) is 6.20 Å².